The number of nitrogens with two attached hydrogens (primary N) is 1. The summed E-state index contributed by atoms with van der Waals surface area (Å²) in [6.07, 6.45) is -2.04. The second-order valence-electron chi connectivity index (χ2n) is 6.21. The molecule has 0 radical (unpaired) electrons. The average Bonchev–Trinajstić information content (AvgIpc) is 2.99. The Morgan fingerprint density at radius 1 is 1.04 bits per heavy atom. The normalized spacial score (nSPS) is 11.9. The molecule has 3 nitrogen and oxygen atoms in total. The van der Waals surface area contributed by atoms with Crippen LogP contribution in [0, 0.1) is 0 Å². The van der Waals surface area contributed by atoms with Gasteiger partial charge in [-0.25, -0.2) is 0 Å². The molecular weight excluding hydrogens is 341 g/mol. The minimum atomic E-state index is -4.36. The van der Waals surface area contributed by atoms with Crippen molar-refractivity contribution in [3.8, 4) is 17.0 Å². The van der Waals surface area contributed by atoms with Gasteiger partial charge in [-0.1, -0.05) is 0 Å². The number of H-pyrrole nitrogens is 1. The molecule has 2 aromatic carbocycles. The van der Waals surface area contributed by atoms with Crippen molar-refractivity contribution in [3.05, 3.63) is 53.6 Å². The number of methoxy groups -OCH3 is 1. The molecule has 6 heteroatoms. The van der Waals surface area contributed by atoms with Crippen LogP contribution in [0.2, 0.25) is 0 Å². The maximum Gasteiger partial charge on any atom is 0.416 e. The Morgan fingerprint density at radius 2 is 1.77 bits per heavy atom. The summed E-state index contributed by atoms with van der Waals surface area (Å²) in [5, 5.41) is 0.614. The molecule has 0 spiro atoms. The van der Waals surface area contributed by atoms with Crippen LogP contribution in [0.4, 0.5) is 13.2 Å². The molecule has 0 amide bonds. The van der Waals surface area contributed by atoms with Crippen molar-refractivity contribution in [2.24, 2.45) is 5.73 Å². The molecule has 0 bridgehead atoms. The number of rotatable bonds is 6. The van der Waals surface area contributed by atoms with Crippen LogP contribution in [0.1, 0.15) is 24.0 Å². The Balaban J connectivity index is 2.12. The minimum absolute atomic E-state index is 0.564. The van der Waals surface area contributed by atoms with E-state index in [4.69, 9.17) is 10.5 Å². The number of benzene rings is 2. The van der Waals surface area contributed by atoms with Crippen molar-refractivity contribution in [3.63, 3.8) is 0 Å². The minimum Gasteiger partial charge on any atom is -0.497 e. The van der Waals surface area contributed by atoms with Crippen LogP contribution in [0.3, 0.4) is 0 Å². The van der Waals surface area contributed by atoms with E-state index in [0.29, 0.717) is 23.9 Å². The van der Waals surface area contributed by atoms with Gasteiger partial charge in [-0.15, -0.1) is 0 Å². The van der Waals surface area contributed by atoms with Crippen LogP contribution in [-0.4, -0.2) is 18.6 Å². The largest absolute Gasteiger partial charge is 0.497 e. The first-order valence-electron chi connectivity index (χ1n) is 8.50. The zero-order valence-corrected chi connectivity index (χ0v) is 14.5. The van der Waals surface area contributed by atoms with E-state index in [1.165, 1.54) is 12.1 Å². The van der Waals surface area contributed by atoms with E-state index in [1.807, 2.05) is 24.3 Å². The molecule has 3 rings (SSSR count). The van der Waals surface area contributed by atoms with Gasteiger partial charge in [-0.3, -0.25) is 0 Å². The number of hydrogen-bond donors (Lipinski definition) is 2. The van der Waals surface area contributed by atoms with Gasteiger partial charge >= 0.3 is 6.18 Å². The van der Waals surface area contributed by atoms with Crippen molar-refractivity contribution >= 4 is 10.9 Å². The predicted octanol–water partition coefficient (Wildman–Crippen LogP) is 5.14. The Hall–Kier alpha value is -2.47. The van der Waals surface area contributed by atoms with E-state index < -0.39 is 11.7 Å². The lowest BCUT2D eigenvalue weighted by Crippen LogP contribution is -2.04. The van der Waals surface area contributed by atoms with Crippen LogP contribution in [0.15, 0.2) is 42.5 Å². The Bertz CT molecular complexity index is 882. The van der Waals surface area contributed by atoms with Gasteiger partial charge in [0.15, 0.2) is 0 Å². The van der Waals surface area contributed by atoms with Crippen molar-refractivity contribution in [2.45, 2.75) is 25.4 Å². The molecule has 0 fully saturated rings. The fourth-order valence-corrected chi connectivity index (χ4v) is 3.13. The summed E-state index contributed by atoms with van der Waals surface area (Å²) in [6, 6.07) is 11.3. The van der Waals surface area contributed by atoms with E-state index in [0.717, 1.165) is 41.5 Å². The van der Waals surface area contributed by atoms with E-state index in [2.05, 4.69) is 4.98 Å². The number of fused-ring (bicyclic) bond motifs is 1. The lowest BCUT2D eigenvalue weighted by atomic mass is 9.99. The maximum atomic E-state index is 13.1. The van der Waals surface area contributed by atoms with Gasteiger partial charge in [-0.2, -0.15) is 13.2 Å². The summed E-state index contributed by atoms with van der Waals surface area (Å²) in [6.45, 7) is 0.564. The SMILES string of the molecule is COc1ccc(-c2[nH]c3ccc(C(F)(F)F)cc3c2CCCCN)cc1. The number of nitrogens with one attached hydrogen (secondary N) is 1. The third kappa shape index (κ3) is 3.70. The highest BCUT2D eigenvalue weighted by molar-refractivity contribution is 5.91. The lowest BCUT2D eigenvalue weighted by Gasteiger charge is -2.08. The van der Waals surface area contributed by atoms with Gasteiger partial charge in [0.05, 0.1) is 12.7 Å². The summed E-state index contributed by atoms with van der Waals surface area (Å²) < 4.78 is 44.6. The fourth-order valence-electron chi connectivity index (χ4n) is 3.13. The van der Waals surface area contributed by atoms with Crippen molar-refractivity contribution in [2.75, 3.05) is 13.7 Å². The Kier molecular flexibility index (Phi) is 5.23. The van der Waals surface area contributed by atoms with Crippen molar-refractivity contribution in [1.29, 1.82) is 0 Å². The van der Waals surface area contributed by atoms with Crippen LogP contribution >= 0.6 is 0 Å². The lowest BCUT2D eigenvalue weighted by molar-refractivity contribution is -0.137. The second kappa shape index (κ2) is 7.41. The second-order valence-corrected chi connectivity index (χ2v) is 6.21. The highest BCUT2D eigenvalue weighted by atomic mass is 19.4. The quantitative estimate of drug-likeness (QED) is 0.596. The summed E-state index contributed by atoms with van der Waals surface area (Å²) in [5.41, 5.74) is 8.29. The summed E-state index contributed by atoms with van der Waals surface area (Å²) in [4.78, 5) is 3.28. The zero-order chi connectivity index (χ0) is 18.7. The third-order valence-electron chi connectivity index (χ3n) is 4.49. The van der Waals surface area contributed by atoms with Gasteiger partial charge in [0.25, 0.3) is 0 Å². The first kappa shape index (κ1) is 18.3. The van der Waals surface area contributed by atoms with E-state index >= 15 is 0 Å². The molecule has 1 aromatic heterocycles. The smallest absolute Gasteiger partial charge is 0.416 e. The monoisotopic (exact) mass is 362 g/mol. The first-order chi connectivity index (χ1) is 12.4. The molecule has 138 valence electrons. The molecule has 0 saturated carbocycles. The van der Waals surface area contributed by atoms with Gasteiger partial charge in [-0.05, 0) is 79.4 Å². The molecule has 0 saturated heterocycles. The van der Waals surface area contributed by atoms with E-state index in [1.54, 1.807) is 7.11 Å². The molecule has 1 heterocycles. The molecule has 0 unspecified atom stereocenters. The molecule has 0 aliphatic heterocycles. The van der Waals surface area contributed by atoms with Crippen LogP contribution in [-0.2, 0) is 12.6 Å². The van der Waals surface area contributed by atoms with Gasteiger partial charge in [0.2, 0.25) is 0 Å². The predicted molar refractivity (Wildman–Crippen MR) is 97.3 cm³/mol. The highest BCUT2D eigenvalue weighted by Crippen LogP contribution is 2.36. The standard InChI is InChI=1S/C20H21F3N2O/c1-26-15-8-5-13(6-9-15)19-16(4-2-3-11-24)17-12-14(20(21,22)23)7-10-18(17)25-19/h5-10,12,25H,2-4,11,24H2,1H3. The van der Waals surface area contributed by atoms with Crippen LogP contribution < -0.4 is 10.5 Å². The number of alkyl halides is 3. The highest BCUT2D eigenvalue weighted by Gasteiger charge is 2.31. The topological polar surface area (TPSA) is 51.0 Å². The number of aromatic nitrogens is 1. The average molecular weight is 362 g/mol. The number of aromatic amines is 1. The first-order valence-corrected chi connectivity index (χ1v) is 8.50. The fraction of sp³-hybridized carbons (Fsp3) is 0.300. The van der Waals surface area contributed by atoms with E-state index in [9.17, 15) is 13.2 Å². The molecule has 0 atom stereocenters. The molecule has 26 heavy (non-hydrogen) atoms. The van der Waals surface area contributed by atoms with Crippen molar-refractivity contribution in [1.82, 2.24) is 4.98 Å². The maximum absolute atomic E-state index is 13.1. The number of unbranched alkanes of at least 4 members (excludes halogenated alkanes) is 1. The van der Waals surface area contributed by atoms with Crippen LogP contribution in [0.25, 0.3) is 22.2 Å². The molecule has 0 aliphatic rings. The van der Waals surface area contributed by atoms with E-state index in [-0.39, 0.29) is 0 Å². The zero-order valence-electron chi connectivity index (χ0n) is 14.5. The van der Waals surface area contributed by atoms with Gasteiger partial charge in [0.1, 0.15) is 5.75 Å². The number of aryl methyl sites for hydroxylation is 1. The van der Waals surface area contributed by atoms with Gasteiger partial charge < -0.3 is 15.5 Å². The molecule has 3 N–H and O–H groups in total. The van der Waals surface area contributed by atoms with Crippen molar-refractivity contribution < 1.29 is 17.9 Å². The third-order valence-corrected chi connectivity index (χ3v) is 4.49. The number of halogens is 3. The summed E-state index contributed by atoms with van der Waals surface area (Å²) in [5.74, 6) is 0.730. The summed E-state index contributed by atoms with van der Waals surface area (Å²) in [7, 11) is 1.59. The molecular formula is C20H21F3N2O. The Morgan fingerprint density at radius 3 is 2.38 bits per heavy atom. The number of ether oxygens (including phenoxy) is 1. The summed E-state index contributed by atoms with van der Waals surface area (Å²) >= 11 is 0. The Labute approximate surface area is 150 Å². The number of hydrogen-bond acceptors (Lipinski definition) is 2. The van der Waals surface area contributed by atoms with Crippen LogP contribution in [0.5, 0.6) is 5.75 Å². The molecule has 3 aromatic rings. The van der Waals surface area contributed by atoms with Gasteiger partial charge in [0, 0.05) is 16.6 Å². The molecule has 0 aliphatic carbocycles.